The van der Waals surface area contributed by atoms with Crippen LogP contribution in [-0.4, -0.2) is 29.9 Å². The van der Waals surface area contributed by atoms with Gasteiger partial charge >= 0.3 is 12.3 Å². The number of phenolic OH excluding ortho intramolecular Hbond substituents is 1. The van der Waals surface area contributed by atoms with E-state index in [4.69, 9.17) is 5.11 Å². The maximum absolute atomic E-state index is 12.6. The van der Waals surface area contributed by atoms with Crippen LogP contribution in [0.4, 0.5) is 17.6 Å². The second kappa shape index (κ2) is 5.24. The van der Waals surface area contributed by atoms with Gasteiger partial charge in [0.2, 0.25) is 0 Å². The van der Waals surface area contributed by atoms with Crippen LogP contribution in [0, 0.1) is 6.92 Å². The highest BCUT2D eigenvalue weighted by Gasteiger charge is 2.40. The van der Waals surface area contributed by atoms with Crippen LogP contribution in [0.15, 0.2) is 18.2 Å². The molecule has 0 aliphatic rings. The molecule has 0 bridgehead atoms. The standard InChI is InChI=1S/C11H11F4NO2/c1-6-4-7(17)2-3-8(6)9(18)16-5-11(14,15)10(12)13/h2-4,10,17H,5H2,1H3,(H,16,18). The van der Waals surface area contributed by atoms with E-state index < -0.39 is 24.8 Å². The average Bonchev–Trinajstić information content (AvgIpc) is 2.25. The number of halogens is 4. The van der Waals surface area contributed by atoms with Crippen LogP contribution in [0.5, 0.6) is 5.75 Å². The van der Waals surface area contributed by atoms with E-state index in [1.54, 1.807) is 5.32 Å². The molecule has 0 spiro atoms. The fraction of sp³-hybridized carbons (Fsp3) is 0.364. The van der Waals surface area contributed by atoms with Crippen LogP contribution in [0.3, 0.4) is 0 Å². The SMILES string of the molecule is Cc1cc(O)ccc1C(=O)NCC(F)(F)C(F)F. The van der Waals surface area contributed by atoms with Gasteiger partial charge in [-0.15, -0.1) is 0 Å². The number of hydrogen-bond acceptors (Lipinski definition) is 2. The van der Waals surface area contributed by atoms with E-state index in [9.17, 15) is 22.4 Å². The third kappa shape index (κ3) is 3.35. The molecule has 100 valence electrons. The summed E-state index contributed by atoms with van der Waals surface area (Å²) in [7, 11) is 0. The predicted molar refractivity (Wildman–Crippen MR) is 56.1 cm³/mol. The first-order valence-corrected chi connectivity index (χ1v) is 4.98. The number of carbonyl (C=O) groups excluding carboxylic acids is 1. The minimum atomic E-state index is -4.26. The largest absolute Gasteiger partial charge is 0.508 e. The fourth-order valence-corrected chi connectivity index (χ4v) is 1.27. The molecule has 0 heterocycles. The molecule has 0 unspecified atom stereocenters. The zero-order valence-corrected chi connectivity index (χ0v) is 9.38. The van der Waals surface area contributed by atoms with Gasteiger partial charge in [0.1, 0.15) is 5.75 Å². The number of phenols is 1. The van der Waals surface area contributed by atoms with Crippen molar-refractivity contribution in [3.63, 3.8) is 0 Å². The van der Waals surface area contributed by atoms with Crippen molar-refractivity contribution in [1.82, 2.24) is 5.32 Å². The molecule has 0 radical (unpaired) electrons. The summed E-state index contributed by atoms with van der Waals surface area (Å²) in [4.78, 5) is 11.5. The highest BCUT2D eigenvalue weighted by atomic mass is 19.3. The molecule has 0 aliphatic heterocycles. The van der Waals surface area contributed by atoms with Crippen molar-refractivity contribution in [2.24, 2.45) is 0 Å². The lowest BCUT2D eigenvalue weighted by Gasteiger charge is -2.16. The number of aryl methyl sites for hydroxylation is 1. The third-order valence-electron chi connectivity index (χ3n) is 2.26. The van der Waals surface area contributed by atoms with Gasteiger partial charge in [0.05, 0.1) is 6.54 Å². The van der Waals surface area contributed by atoms with E-state index in [-0.39, 0.29) is 11.3 Å². The van der Waals surface area contributed by atoms with Crippen molar-refractivity contribution in [3.8, 4) is 5.75 Å². The summed E-state index contributed by atoms with van der Waals surface area (Å²) >= 11 is 0. The summed E-state index contributed by atoms with van der Waals surface area (Å²) in [6, 6.07) is 3.69. The lowest BCUT2D eigenvalue weighted by atomic mass is 10.1. The van der Waals surface area contributed by atoms with Gasteiger partial charge in [0.15, 0.2) is 0 Å². The van der Waals surface area contributed by atoms with Gasteiger partial charge in [-0.1, -0.05) is 0 Å². The fourth-order valence-electron chi connectivity index (χ4n) is 1.27. The van der Waals surface area contributed by atoms with Crippen molar-refractivity contribution in [2.75, 3.05) is 6.54 Å². The molecule has 18 heavy (non-hydrogen) atoms. The molecule has 0 atom stereocenters. The van der Waals surface area contributed by atoms with Gasteiger partial charge in [-0.3, -0.25) is 4.79 Å². The first kappa shape index (κ1) is 14.3. The van der Waals surface area contributed by atoms with Crippen LogP contribution in [0.1, 0.15) is 15.9 Å². The summed E-state index contributed by atoms with van der Waals surface area (Å²) in [5, 5.41) is 10.8. The monoisotopic (exact) mass is 265 g/mol. The van der Waals surface area contributed by atoms with Crippen molar-refractivity contribution in [3.05, 3.63) is 29.3 Å². The molecule has 0 saturated heterocycles. The Morgan fingerprint density at radius 3 is 2.56 bits per heavy atom. The Labute approximate surface area is 100 Å². The van der Waals surface area contributed by atoms with Gasteiger partial charge in [0, 0.05) is 5.56 Å². The summed E-state index contributed by atoms with van der Waals surface area (Å²) in [6.07, 6.45) is -3.83. The smallest absolute Gasteiger partial charge is 0.324 e. The van der Waals surface area contributed by atoms with Crippen LogP contribution in [0.25, 0.3) is 0 Å². The van der Waals surface area contributed by atoms with E-state index >= 15 is 0 Å². The topological polar surface area (TPSA) is 49.3 Å². The quantitative estimate of drug-likeness (QED) is 0.821. The number of benzene rings is 1. The van der Waals surface area contributed by atoms with Gasteiger partial charge in [-0.05, 0) is 30.7 Å². The number of amides is 1. The Balaban J connectivity index is 2.72. The number of rotatable bonds is 4. The number of aromatic hydroxyl groups is 1. The molecule has 0 fully saturated rings. The van der Waals surface area contributed by atoms with E-state index in [1.807, 2.05) is 0 Å². The Hall–Kier alpha value is -1.79. The Kier molecular flexibility index (Phi) is 4.15. The average molecular weight is 265 g/mol. The van der Waals surface area contributed by atoms with E-state index in [0.717, 1.165) is 0 Å². The molecule has 0 saturated carbocycles. The maximum atomic E-state index is 12.6. The maximum Gasteiger partial charge on any atom is 0.324 e. The van der Waals surface area contributed by atoms with Crippen molar-refractivity contribution >= 4 is 5.91 Å². The van der Waals surface area contributed by atoms with Crippen LogP contribution >= 0.6 is 0 Å². The normalized spacial score (nSPS) is 11.7. The van der Waals surface area contributed by atoms with Gasteiger partial charge in [-0.2, -0.15) is 8.78 Å². The molecule has 1 amide bonds. The lowest BCUT2D eigenvalue weighted by Crippen LogP contribution is -2.41. The first-order valence-electron chi connectivity index (χ1n) is 4.98. The van der Waals surface area contributed by atoms with Crippen LogP contribution < -0.4 is 5.32 Å². The Morgan fingerprint density at radius 1 is 1.44 bits per heavy atom. The van der Waals surface area contributed by atoms with E-state index in [2.05, 4.69) is 0 Å². The third-order valence-corrected chi connectivity index (χ3v) is 2.26. The second-order valence-electron chi connectivity index (χ2n) is 3.74. The highest BCUT2D eigenvalue weighted by Crippen LogP contribution is 2.22. The summed E-state index contributed by atoms with van der Waals surface area (Å²) in [5.74, 6) is -5.24. The number of carbonyl (C=O) groups is 1. The summed E-state index contributed by atoms with van der Waals surface area (Å²) < 4.78 is 48.9. The molecule has 7 heteroatoms. The molecular weight excluding hydrogens is 254 g/mol. The van der Waals surface area contributed by atoms with Crippen molar-refractivity contribution < 1.29 is 27.5 Å². The Bertz CT molecular complexity index is 449. The minimum absolute atomic E-state index is 0.0397. The first-order chi connectivity index (χ1) is 8.24. The molecular formula is C11H11F4NO2. The van der Waals surface area contributed by atoms with Gasteiger partial charge < -0.3 is 10.4 Å². The molecule has 2 N–H and O–H groups in total. The number of hydrogen-bond donors (Lipinski definition) is 2. The lowest BCUT2D eigenvalue weighted by molar-refractivity contribution is -0.123. The molecule has 3 nitrogen and oxygen atoms in total. The van der Waals surface area contributed by atoms with Gasteiger partial charge in [0.25, 0.3) is 5.91 Å². The van der Waals surface area contributed by atoms with Crippen molar-refractivity contribution in [1.29, 1.82) is 0 Å². The zero-order valence-electron chi connectivity index (χ0n) is 9.38. The van der Waals surface area contributed by atoms with Crippen LogP contribution in [0.2, 0.25) is 0 Å². The number of alkyl halides is 4. The molecule has 1 rings (SSSR count). The molecule has 0 aromatic heterocycles. The predicted octanol–water partition coefficient (Wildman–Crippen LogP) is 2.33. The summed E-state index contributed by atoms with van der Waals surface area (Å²) in [6.45, 7) is 0.0453. The van der Waals surface area contributed by atoms with Crippen molar-refractivity contribution in [2.45, 2.75) is 19.3 Å². The summed E-state index contributed by atoms with van der Waals surface area (Å²) in [5.41, 5.74) is 0.394. The second-order valence-corrected chi connectivity index (χ2v) is 3.74. The minimum Gasteiger partial charge on any atom is -0.508 e. The molecule has 0 aliphatic carbocycles. The molecule has 1 aromatic rings. The van der Waals surface area contributed by atoms with Gasteiger partial charge in [-0.25, -0.2) is 8.78 Å². The highest BCUT2D eigenvalue weighted by molar-refractivity contribution is 5.95. The molecule has 1 aromatic carbocycles. The Morgan fingerprint density at radius 2 is 2.06 bits per heavy atom. The van der Waals surface area contributed by atoms with Crippen LogP contribution in [-0.2, 0) is 0 Å². The van der Waals surface area contributed by atoms with E-state index in [1.165, 1.54) is 25.1 Å². The number of nitrogens with one attached hydrogen (secondary N) is 1. The van der Waals surface area contributed by atoms with E-state index in [0.29, 0.717) is 5.56 Å². The zero-order chi connectivity index (χ0) is 13.9.